The molecule has 1 amide bonds. The molecule has 0 saturated carbocycles. The van der Waals surface area contributed by atoms with Crippen molar-refractivity contribution in [2.45, 2.75) is 6.36 Å². The zero-order valence-corrected chi connectivity index (χ0v) is 13.7. The second-order valence-corrected chi connectivity index (χ2v) is 5.14. The Hall–Kier alpha value is -2.64. The van der Waals surface area contributed by atoms with Gasteiger partial charge in [0.05, 0.1) is 23.4 Å². The van der Waals surface area contributed by atoms with E-state index in [1.165, 1.54) is 0 Å². The van der Waals surface area contributed by atoms with Crippen LogP contribution in [-0.4, -0.2) is 29.3 Å². The summed E-state index contributed by atoms with van der Waals surface area (Å²) in [7, 11) is 1.10. The summed E-state index contributed by atoms with van der Waals surface area (Å²) in [6.07, 6.45) is -4.72. The quantitative estimate of drug-likeness (QED) is 0.845. The van der Waals surface area contributed by atoms with E-state index >= 15 is 0 Å². The molecule has 1 aromatic heterocycles. The highest BCUT2D eigenvalue weighted by atomic mass is 35.5. The Balaban J connectivity index is 2.54. The van der Waals surface area contributed by atoms with Gasteiger partial charge in [0.2, 0.25) is 0 Å². The molecule has 0 fully saturated rings. The maximum atomic E-state index is 12.3. The molecule has 0 bridgehead atoms. The SMILES string of the molecule is COC(=O)Nc1c(C#N)cnn1-c1c(Cl)cc(OC(F)(F)F)cc1Cl. The third-order valence-corrected chi connectivity index (χ3v) is 3.31. The van der Waals surface area contributed by atoms with Crippen LogP contribution in [0.5, 0.6) is 5.75 Å². The lowest BCUT2D eigenvalue weighted by molar-refractivity contribution is -0.274. The monoisotopic (exact) mass is 394 g/mol. The van der Waals surface area contributed by atoms with Crippen molar-refractivity contribution in [3.63, 3.8) is 0 Å². The highest BCUT2D eigenvalue weighted by Gasteiger charge is 2.32. The third-order valence-electron chi connectivity index (χ3n) is 2.73. The van der Waals surface area contributed by atoms with Gasteiger partial charge >= 0.3 is 12.5 Å². The molecule has 1 aromatic carbocycles. The number of rotatable bonds is 3. The van der Waals surface area contributed by atoms with Crippen LogP contribution in [0.15, 0.2) is 18.3 Å². The molecule has 25 heavy (non-hydrogen) atoms. The summed E-state index contributed by atoms with van der Waals surface area (Å²) in [5.74, 6) is -0.760. The normalized spacial score (nSPS) is 10.9. The molecule has 0 aliphatic rings. The first-order valence-electron chi connectivity index (χ1n) is 6.24. The zero-order valence-electron chi connectivity index (χ0n) is 12.2. The van der Waals surface area contributed by atoms with Gasteiger partial charge in [-0.25, -0.2) is 9.48 Å². The lowest BCUT2D eigenvalue weighted by Gasteiger charge is -2.14. The first kappa shape index (κ1) is 18.7. The standard InChI is InChI=1S/C13H7Cl2F3N4O3/c1-24-12(23)21-11-6(4-19)5-20-22(11)10-8(14)2-7(3-9(10)15)25-13(16,17)18/h2-3,5H,1H3,(H,21,23). The van der Waals surface area contributed by atoms with Crippen LogP contribution in [0.25, 0.3) is 5.69 Å². The van der Waals surface area contributed by atoms with E-state index in [1.807, 2.05) is 0 Å². The van der Waals surface area contributed by atoms with Gasteiger partial charge in [-0.2, -0.15) is 10.4 Å². The summed E-state index contributed by atoms with van der Waals surface area (Å²) in [6, 6.07) is 3.52. The minimum atomic E-state index is -4.93. The second-order valence-electron chi connectivity index (χ2n) is 4.33. The minimum Gasteiger partial charge on any atom is -0.453 e. The number of nitriles is 1. The van der Waals surface area contributed by atoms with E-state index in [2.05, 4.69) is 19.9 Å². The number of halogens is 5. The van der Waals surface area contributed by atoms with E-state index in [1.54, 1.807) is 6.07 Å². The Morgan fingerprint density at radius 2 is 1.96 bits per heavy atom. The Morgan fingerprint density at radius 1 is 1.36 bits per heavy atom. The molecule has 132 valence electrons. The lowest BCUT2D eigenvalue weighted by Crippen LogP contribution is -2.18. The molecule has 0 aliphatic carbocycles. The van der Waals surface area contributed by atoms with Gasteiger partial charge in [0.15, 0.2) is 5.82 Å². The number of alkyl halides is 3. The molecule has 12 heteroatoms. The van der Waals surface area contributed by atoms with Crippen LogP contribution < -0.4 is 10.1 Å². The molecular formula is C13H7Cl2F3N4O3. The fourth-order valence-electron chi connectivity index (χ4n) is 1.80. The van der Waals surface area contributed by atoms with Gasteiger partial charge in [-0.05, 0) is 0 Å². The van der Waals surface area contributed by atoms with E-state index in [0.717, 1.165) is 30.1 Å². The van der Waals surface area contributed by atoms with Gasteiger partial charge in [0.25, 0.3) is 0 Å². The van der Waals surface area contributed by atoms with Crippen molar-refractivity contribution in [2.75, 3.05) is 12.4 Å². The van der Waals surface area contributed by atoms with Crippen LogP contribution in [0.1, 0.15) is 5.56 Å². The van der Waals surface area contributed by atoms with Gasteiger partial charge < -0.3 is 9.47 Å². The number of nitrogens with one attached hydrogen (secondary N) is 1. The van der Waals surface area contributed by atoms with Crippen molar-refractivity contribution in [2.24, 2.45) is 0 Å². The minimum absolute atomic E-state index is 0.0480. The van der Waals surface area contributed by atoms with Gasteiger partial charge in [-0.1, -0.05) is 23.2 Å². The van der Waals surface area contributed by atoms with Crippen molar-refractivity contribution in [3.8, 4) is 17.5 Å². The average molecular weight is 395 g/mol. The van der Waals surface area contributed by atoms with Gasteiger partial charge in [0, 0.05) is 12.1 Å². The number of carbonyl (C=O) groups is 1. The maximum absolute atomic E-state index is 12.3. The van der Waals surface area contributed by atoms with Crippen LogP contribution in [0.4, 0.5) is 23.8 Å². The summed E-state index contributed by atoms with van der Waals surface area (Å²) in [4.78, 5) is 11.4. The van der Waals surface area contributed by atoms with E-state index in [0.29, 0.717) is 0 Å². The second kappa shape index (κ2) is 7.08. The Kier molecular flexibility index (Phi) is 5.30. The van der Waals surface area contributed by atoms with Crippen molar-refractivity contribution in [3.05, 3.63) is 33.9 Å². The number of hydrogen-bond donors (Lipinski definition) is 1. The molecule has 2 aromatic rings. The van der Waals surface area contributed by atoms with Gasteiger partial charge in [-0.15, -0.1) is 13.2 Å². The molecule has 1 heterocycles. The fraction of sp³-hybridized carbons (Fsp3) is 0.154. The molecule has 2 rings (SSSR count). The first-order valence-corrected chi connectivity index (χ1v) is 7.00. The number of ether oxygens (including phenoxy) is 2. The molecular weight excluding hydrogens is 388 g/mol. The van der Waals surface area contributed by atoms with Gasteiger partial charge in [0.1, 0.15) is 23.1 Å². The van der Waals surface area contributed by atoms with Crippen molar-refractivity contribution >= 4 is 35.1 Å². The Morgan fingerprint density at radius 3 is 2.44 bits per heavy atom. The lowest BCUT2D eigenvalue weighted by atomic mass is 10.3. The molecule has 0 saturated heterocycles. The predicted molar refractivity (Wildman–Crippen MR) is 81.0 cm³/mol. The van der Waals surface area contributed by atoms with Gasteiger partial charge in [-0.3, -0.25) is 5.32 Å². The van der Waals surface area contributed by atoms with Crippen LogP contribution in [-0.2, 0) is 4.74 Å². The molecule has 0 aliphatic heterocycles. The average Bonchev–Trinajstić information content (AvgIpc) is 2.87. The van der Waals surface area contributed by atoms with Crippen molar-refractivity contribution in [1.29, 1.82) is 5.26 Å². The molecule has 1 N–H and O–H groups in total. The summed E-state index contributed by atoms with van der Waals surface area (Å²) >= 11 is 11.9. The summed E-state index contributed by atoms with van der Waals surface area (Å²) in [6.45, 7) is 0. The van der Waals surface area contributed by atoms with Crippen LogP contribution in [0, 0.1) is 11.3 Å². The highest BCUT2D eigenvalue weighted by molar-refractivity contribution is 6.38. The Bertz CT molecular complexity index is 838. The van der Waals surface area contributed by atoms with E-state index in [4.69, 9.17) is 28.5 Å². The molecule has 0 atom stereocenters. The van der Waals surface area contributed by atoms with Crippen LogP contribution in [0.3, 0.4) is 0 Å². The topological polar surface area (TPSA) is 89.2 Å². The molecule has 0 radical (unpaired) electrons. The van der Waals surface area contributed by atoms with E-state index < -0.39 is 18.2 Å². The fourth-order valence-corrected chi connectivity index (χ4v) is 2.43. The summed E-state index contributed by atoms with van der Waals surface area (Å²) in [5, 5.41) is 14.7. The molecule has 0 spiro atoms. The highest BCUT2D eigenvalue weighted by Crippen LogP contribution is 2.37. The smallest absolute Gasteiger partial charge is 0.453 e. The number of amides is 1. The van der Waals surface area contributed by atoms with E-state index in [-0.39, 0.29) is 27.1 Å². The number of benzene rings is 1. The number of carbonyl (C=O) groups excluding carboxylic acids is 1. The molecule has 0 unspecified atom stereocenters. The largest absolute Gasteiger partial charge is 0.573 e. The van der Waals surface area contributed by atoms with Crippen molar-refractivity contribution in [1.82, 2.24) is 9.78 Å². The van der Waals surface area contributed by atoms with Crippen LogP contribution in [0.2, 0.25) is 10.0 Å². The number of methoxy groups -OCH3 is 1. The Labute approximate surface area is 148 Å². The predicted octanol–water partition coefficient (Wildman–Crippen LogP) is 4.13. The number of nitrogens with zero attached hydrogens (tertiary/aromatic N) is 3. The van der Waals surface area contributed by atoms with Crippen molar-refractivity contribution < 1.29 is 27.4 Å². The van der Waals surface area contributed by atoms with Crippen LogP contribution >= 0.6 is 23.2 Å². The summed E-state index contributed by atoms with van der Waals surface area (Å²) in [5.41, 5.74) is -0.112. The summed E-state index contributed by atoms with van der Waals surface area (Å²) < 4.78 is 46.1. The first-order chi connectivity index (χ1) is 11.7. The van der Waals surface area contributed by atoms with E-state index in [9.17, 15) is 18.0 Å². The zero-order chi connectivity index (χ0) is 18.8. The number of aromatic nitrogens is 2. The third kappa shape index (κ3) is 4.26. The number of hydrogen-bond acceptors (Lipinski definition) is 5. The maximum Gasteiger partial charge on any atom is 0.573 e. The molecule has 7 nitrogen and oxygen atoms in total. The number of anilines is 1.